The lowest BCUT2D eigenvalue weighted by Crippen LogP contribution is -2.13. The van der Waals surface area contributed by atoms with Crippen molar-refractivity contribution in [1.29, 1.82) is 0 Å². The van der Waals surface area contributed by atoms with Gasteiger partial charge in [0.05, 0.1) is 7.11 Å². The zero-order valence-corrected chi connectivity index (χ0v) is 11.5. The molecule has 1 aromatic rings. The first-order valence-electron chi connectivity index (χ1n) is 6.84. The van der Waals surface area contributed by atoms with Crippen molar-refractivity contribution in [2.75, 3.05) is 7.11 Å². The monoisotopic (exact) mass is 246 g/mol. The first-order chi connectivity index (χ1) is 8.65. The molecule has 0 N–H and O–H groups in total. The fourth-order valence-electron chi connectivity index (χ4n) is 2.94. The summed E-state index contributed by atoms with van der Waals surface area (Å²) in [7, 11) is 1.65. The van der Waals surface area contributed by atoms with Crippen molar-refractivity contribution in [3.63, 3.8) is 0 Å². The van der Waals surface area contributed by atoms with E-state index >= 15 is 0 Å². The summed E-state index contributed by atoms with van der Waals surface area (Å²) in [5, 5.41) is 0. The topological polar surface area (TPSA) is 26.3 Å². The zero-order valence-electron chi connectivity index (χ0n) is 11.5. The molecule has 1 aliphatic rings. The maximum absolute atomic E-state index is 12.5. The molecule has 1 saturated carbocycles. The summed E-state index contributed by atoms with van der Waals surface area (Å²) >= 11 is 0. The molecular weight excluding hydrogens is 224 g/mol. The van der Waals surface area contributed by atoms with E-state index < -0.39 is 0 Å². The van der Waals surface area contributed by atoms with Gasteiger partial charge in [-0.25, -0.2) is 0 Å². The van der Waals surface area contributed by atoms with Gasteiger partial charge in [0.2, 0.25) is 0 Å². The molecule has 1 aromatic carbocycles. The van der Waals surface area contributed by atoms with E-state index in [0.717, 1.165) is 35.6 Å². The van der Waals surface area contributed by atoms with Crippen molar-refractivity contribution in [3.8, 4) is 5.75 Å². The van der Waals surface area contributed by atoms with Crippen LogP contribution in [0.1, 0.15) is 48.5 Å². The Balaban J connectivity index is 2.14. The predicted octanol–water partition coefficient (Wildman–Crippen LogP) is 4.01. The second-order valence-electron chi connectivity index (χ2n) is 5.33. The predicted molar refractivity (Wildman–Crippen MR) is 73.2 cm³/mol. The van der Waals surface area contributed by atoms with Gasteiger partial charge < -0.3 is 4.74 Å². The van der Waals surface area contributed by atoms with E-state index in [1.807, 2.05) is 25.1 Å². The molecule has 2 rings (SSSR count). The van der Waals surface area contributed by atoms with Crippen molar-refractivity contribution >= 4 is 5.78 Å². The molecule has 2 atom stereocenters. The van der Waals surface area contributed by atoms with E-state index in [2.05, 4.69) is 6.92 Å². The van der Waals surface area contributed by atoms with E-state index in [-0.39, 0.29) is 5.92 Å². The van der Waals surface area contributed by atoms with Crippen molar-refractivity contribution in [3.05, 3.63) is 29.3 Å². The molecule has 0 aromatic heterocycles. The molecule has 18 heavy (non-hydrogen) atoms. The fraction of sp³-hybridized carbons (Fsp3) is 0.562. The Labute approximate surface area is 109 Å². The molecule has 0 spiro atoms. The standard InChI is InChI=1S/C16H22O2/c1-4-12-5-6-13(10-12)16(17)15-8-7-14(18-3)9-11(15)2/h7-9,12-13H,4-6,10H2,1-3H3. The van der Waals surface area contributed by atoms with Gasteiger partial charge in [0.15, 0.2) is 5.78 Å². The van der Waals surface area contributed by atoms with Crippen LogP contribution in [0.3, 0.4) is 0 Å². The smallest absolute Gasteiger partial charge is 0.166 e. The van der Waals surface area contributed by atoms with Crippen LogP contribution >= 0.6 is 0 Å². The highest BCUT2D eigenvalue weighted by Crippen LogP contribution is 2.35. The minimum Gasteiger partial charge on any atom is -0.497 e. The van der Waals surface area contributed by atoms with E-state index in [9.17, 15) is 4.79 Å². The van der Waals surface area contributed by atoms with Gasteiger partial charge in [-0.2, -0.15) is 0 Å². The lowest BCUT2D eigenvalue weighted by Gasteiger charge is -2.12. The van der Waals surface area contributed by atoms with Gasteiger partial charge in [-0.1, -0.05) is 13.3 Å². The van der Waals surface area contributed by atoms with Crippen LogP contribution in [0.5, 0.6) is 5.75 Å². The second-order valence-corrected chi connectivity index (χ2v) is 5.33. The molecule has 0 radical (unpaired) electrons. The van der Waals surface area contributed by atoms with E-state index in [1.54, 1.807) is 7.11 Å². The van der Waals surface area contributed by atoms with Crippen LogP contribution in [0.2, 0.25) is 0 Å². The Bertz CT molecular complexity index is 437. The van der Waals surface area contributed by atoms with Gasteiger partial charge in [-0.05, 0) is 55.9 Å². The number of hydrogen-bond donors (Lipinski definition) is 0. The second kappa shape index (κ2) is 5.55. The summed E-state index contributed by atoms with van der Waals surface area (Å²) in [6.45, 7) is 4.21. The highest BCUT2D eigenvalue weighted by atomic mass is 16.5. The molecule has 2 unspecified atom stereocenters. The third-order valence-corrected chi connectivity index (χ3v) is 4.19. The number of rotatable bonds is 4. The summed E-state index contributed by atoms with van der Waals surface area (Å²) in [5.41, 5.74) is 1.90. The van der Waals surface area contributed by atoms with Gasteiger partial charge in [0.25, 0.3) is 0 Å². The summed E-state index contributed by atoms with van der Waals surface area (Å²) in [6, 6.07) is 5.74. The lowest BCUT2D eigenvalue weighted by molar-refractivity contribution is 0.0919. The Morgan fingerprint density at radius 1 is 1.39 bits per heavy atom. The van der Waals surface area contributed by atoms with E-state index in [4.69, 9.17) is 4.74 Å². The Kier molecular flexibility index (Phi) is 4.05. The van der Waals surface area contributed by atoms with E-state index in [0.29, 0.717) is 5.78 Å². The zero-order chi connectivity index (χ0) is 13.1. The minimum atomic E-state index is 0.238. The molecule has 1 aliphatic carbocycles. The Morgan fingerprint density at radius 3 is 2.72 bits per heavy atom. The van der Waals surface area contributed by atoms with Crippen LogP contribution < -0.4 is 4.74 Å². The van der Waals surface area contributed by atoms with Gasteiger partial charge in [-0.15, -0.1) is 0 Å². The van der Waals surface area contributed by atoms with Gasteiger partial charge in [0.1, 0.15) is 5.75 Å². The summed E-state index contributed by atoms with van der Waals surface area (Å²) < 4.78 is 5.18. The first kappa shape index (κ1) is 13.1. The molecule has 1 fully saturated rings. The number of ketones is 1. The maximum Gasteiger partial charge on any atom is 0.166 e. The number of carbonyl (C=O) groups excluding carboxylic acids is 1. The highest BCUT2D eigenvalue weighted by Gasteiger charge is 2.30. The first-order valence-corrected chi connectivity index (χ1v) is 6.84. The van der Waals surface area contributed by atoms with Crippen LogP contribution in [0.4, 0.5) is 0 Å². The maximum atomic E-state index is 12.5. The number of methoxy groups -OCH3 is 1. The summed E-state index contributed by atoms with van der Waals surface area (Å²) in [4.78, 5) is 12.5. The van der Waals surface area contributed by atoms with Gasteiger partial charge >= 0.3 is 0 Å². The van der Waals surface area contributed by atoms with Crippen molar-refractivity contribution < 1.29 is 9.53 Å². The summed E-state index contributed by atoms with van der Waals surface area (Å²) in [6.07, 6.45) is 4.54. The largest absolute Gasteiger partial charge is 0.497 e. The summed E-state index contributed by atoms with van der Waals surface area (Å²) in [5.74, 6) is 2.13. The molecule has 0 amide bonds. The fourth-order valence-corrected chi connectivity index (χ4v) is 2.94. The van der Waals surface area contributed by atoms with Crippen LogP contribution in [-0.2, 0) is 0 Å². The number of carbonyl (C=O) groups is 1. The van der Waals surface area contributed by atoms with Crippen LogP contribution in [0.15, 0.2) is 18.2 Å². The third kappa shape index (κ3) is 2.58. The van der Waals surface area contributed by atoms with Gasteiger partial charge in [0, 0.05) is 11.5 Å². The average molecular weight is 246 g/mol. The van der Waals surface area contributed by atoms with Crippen molar-refractivity contribution in [1.82, 2.24) is 0 Å². The van der Waals surface area contributed by atoms with E-state index in [1.165, 1.54) is 12.8 Å². The molecule has 2 nitrogen and oxygen atoms in total. The van der Waals surface area contributed by atoms with Crippen molar-refractivity contribution in [2.45, 2.75) is 39.5 Å². The van der Waals surface area contributed by atoms with Gasteiger partial charge in [-0.3, -0.25) is 4.79 Å². The molecule has 0 heterocycles. The molecule has 0 bridgehead atoms. The Hall–Kier alpha value is -1.31. The minimum absolute atomic E-state index is 0.238. The van der Waals surface area contributed by atoms with Crippen LogP contribution in [0, 0.1) is 18.8 Å². The number of hydrogen-bond acceptors (Lipinski definition) is 2. The molecule has 0 saturated heterocycles. The SMILES string of the molecule is CCC1CCC(C(=O)c2ccc(OC)cc2C)C1. The highest BCUT2D eigenvalue weighted by molar-refractivity contribution is 5.99. The average Bonchev–Trinajstić information content (AvgIpc) is 2.86. The lowest BCUT2D eigenvalue weighted by atomic mass is 9.92. The van der Waals surface area contributed by atoms with Crippen molar-refractivity contribution in [2.24, 2.45) is 11.8 Å². The molecular formula is C16H22O2. The third-order valence-electron chi connectivity index (χ3n) is 4.19. The van der Waals surface area contributed by atoms with Crippen LogP contribution in [0.25, 0.3) is 0 Å². The quantitative estimate of drug-likeness (QED) is 0.750. The van der Waals surface area contributed by atoms with Crippen LogP contribution in [-0.4, -0.2) is 12.9 Å². The normalized spacial score (nSPS) is 23.1. The number of benzene rings is 1. The number of Topliss-reactive ketones (excluding diaryl/α,β-unsaturated/α-hetero) is 1. The number of aryl methyl sites for hydroxylation is 1. The molecule has 0 aliphatic heterocycles. The molecule has 2 heteroatoms. The Morgan fingerprint density at radius 2 is 2.17 bits per heavy atom. The number of ether oxygens (including phenoxy) is 1. The molecule has 98 valence electrons.